The van der Waals surface area contributed by atoms with Crippen molar-refractivity contribution in [3.05, 3.63) is 24.3 Å². The Balaban J connectivity index is 1.92. The molecule has 0 aromatic carbocycles. The first-order valence-electron chi connectivity index (χ1n) is 8.68. The lowest BCUT2D eigenvalue weighted by Crippen LogP contribution is -2.55. The second-order valence-electron chi connectivity index (χ2n) is 6.65. The Morgan fingerprint density at radius 3 is 2.65 bits per heavy atom. The zero-order chi connectivity index (χ0) is 18.8. The average molecular weight is 363 g/mol. The Bertz CT molecular complexity index is 787. The van der Waals surface area contributed by atoms with Gasteiger partial charge in [0, 0.05) is 6.54 Å². The second-order valence-corrected chi connectivity index (χ2v) is 6.65. The molecule has 9 nitrogen and oxygen atoms in total. The molecule has 3 heterocycles. The van der Waals surface area contributed by atoms with Crippen LogP contribution < -0.4 is 5.32 Å². The minimum absolute atomic E-state index is 0.474. The number of rotatable bonds is 5. The summed E-state index contributed by atoms with van der Waals surface area (Å²) < 4.78 is 7.37. The van der Waals surface area contributed by atoms with Crippen molar-refractivity contribution in [1.29, 1.82) is 0 Å². The van der Waals surface area contributed by atoms with Crippen molar-refractivity contribution in [2.75, 3.05) is 11.9 Å². The molecule has 142 valence electrons. The molecular formula is C17H25N5O4. The molecule has 9 heteroatoms. The number of allylic oxidation sites excluding steroid dienone is 1. The maximum atomic E-state index is 10.4. The third-order valence-corrected chi connectivity index (χ3v) is 4.50. The van der Waals surface area contributed by atoms with Crippen molar-refractivity contribution in [2.24, 2.45) is 0 Å². The van der Waals surface area contributed by atoms with Gasteiger partial charge in [0.25, 0.3) is 0 Å². The molecule has 1 aliphatic heterocycles. The summed E-state index contributed by atoms with van der Waals surface area (Å²) in [7, 11) is 0. The molecule has 0 aliphatic carbocycles. The SMILES string of the molecule is CC[C@H]1O[C@H](n2cnc3c(NCC=C(C)C)ncnc32)[C@H](O)[C@@H](O)[C@@H]1O. The van der Waals surface area contributed by atoms with Crippen LogP contribution in [-0.2, 0) is 4.74 Å². The van der Waals surface area contributed by atoms with Crippen LogP contribution in [0.15, 0.2) is 24.3 Å². The monoisotopic (exact) mass is 363 g/mol. The molecule has 0 amide bonds. The molecule has 0 bridgehead atoms. The van der Waals surface area contributed by atoms with Crippen LogP contribution in [0.4, 0.5) is 5.82 Å². The Morgan fingerprint density at radius 2 is 1.96 bits per heavy atom. The van der Waals surface area contributed by atoms with Gasteiger partial charge in [-0.3, -0.25) is 4.57 Å². The van der Waals surface area contributed by atoms with E-state index < -0.39 is 30.6 Å². The standard InChI is InChI=1S/C17H25N5O4/c1-4-10-12(23)13(24)14(25)17(26-10)22-8-21-11-15(18-6-5-9(2)3)19-7-20-16(11)22/h5,7-8,10,12-14,17,23-25H,4,6H2,1-3H3,(H,18,19,20)/t10-,12-,13+,14-,17+/m1/s1. The summed E-state index contributed by atoms with van der Waals surface area (Å²) in [5.41, 5.74) is 2.20. The number of nitrogens with one attached hydrogen (secondary N) is 1. The predicted molar refractivity (Wildman–Crippen MR) is 95.5 cm³/mol. The van der Waals surface area contributed by atoms with E-state index in [2.05, 4.69) is 20.3 Å². The second kappa shape index (κ2) is 7.67. The quantitative estimate of drug-likeness (QED) is 0.569. The van der Waals surface area contributed by atoms with Gasteiger partial charge in [-0.15, -0.1) is 0 Å². The lowest BCUT2D eigenvalue weighted by Gasteiger charge is -2.40. The maximum Gasteiger partial charge on any atom is 0.167 e. The number of fused-ring (bicyclic) bond motifs is 1. The van der Waals surface area contributed by atoms with Gasteiger partial charge in [-0.1, -0.05) is 18.6 Å². The molecule has 0 unspecified atom stereocenters. The van der Waals surface area contributed by atoms with E-state index in [0.717, 1.165) is 0 Å². The molecular weight excluding hydrogens is 338 g/mol. The third-order valence-electron chi connectivity index (χ3n) is 4.50. The average Bonchev–Trinajstić information content (AvgIpc) is 3.05. The minimum Gasteiger partial charge on any atom is -0.388 e. The molecule has 2 aromatic heterocycles. The number of ether oxygens (including phenoxy) is 1. The van der Waals surface area contributed by atoms with Crippen LogP contribution >= 0.6 is 0 Å². The highest BCUT2D eigenvalue weighted by Crippen LogP contribution is 2.32. The topological polar surface area (TPSA) is 126 Å². The first-order valence-corrected chi connectivity index (χ1v) is 8.68. The molecule has 3 rings (SSSR count). The van der Waals surface area contributed by atoms with E-state index >= 15 is 0 Å². The normalized spacial score (nSPS) is 28.9. The number of aliphatic hydroxyl groups excluding tert-OH is 3. The molecule has 26 heavy (non-hydrogen) atoms. The number of aliphatic hydroxyl groups is 3. The lowest BCUT2D eigenvalue weighted by molar-refractivity contribution is -0.244. The van der Waals surface area contributed by atoms with Crippen LogP contribution in [0, 0.1) is 0 Å². The highest BCUT2D eigenvalue weighted by atomic mass is 16.5. The molecule has 5 atom stereocenters. The van der Waals surface area contributed by atoms with Crippen LogP contribution in [0.2, 0.25) is 0 Å². The molecule has 0 spiro atoms. The van der Waals surface area contributed by atoms with Gasteiger partial charge in [0.05, 0.1) is 12.4 Å². The van der Waals surface area contributed by atoms with Crippen molar-refractivity contribution < 1.29 is 20.1 Å². The van der Waals surface area contributed by atoms with Crippen molar-refractivity contribution >= 4 is 17.0 Å². The summed E-state index contributed by atoms with van der Waals surface area (Å²) in [6, 6.07) is 0. The Hall–Kier alpha value is -2.07. The van der Waals surface area contributed by atoms with Crippen LogP contribution in [-0.4, -0.2) is 65.8 Å². The van der Waals surface area contributed by atoms with Crippen LogP contribution in [0.5, 0.6) is 0 Å². The van der Waals surface area contributed by atoms with E-state index in [1.54, 1.807) is 4.57 Å². The Labute approximate surface area is 151 Å². The van der Waals surface area contributed by atoms with Gasteiger partial charge in [-0.05, 0) is 20.3 Å². The van der Waals surface area contributed by atoms with Crippen LogP contribution in [0.1, 0.15) is 33.4 Å². The summed E-state index contributed by atoms with van der Waals surface area (Å²) in [5, 5.41) is 33.7. The van der Waals surface area contributed by atoms with Gasteiger partial charge >= 0.3 is 0 Å². The first-order chi connectivity index (χ1) is 12.4. The first kappa shape index (κ1) is 18.7. The van der Waals surface area contributed by atoms with Gasteiger partial charge < -0.3 is 25.4 Å². The van der Waals surface area contributed by atoms with Gasteiger partial charge in [0.1, 0.15) is 24.6 Å². The smallest absolute Gasteiger partial charge is 0.167 e. The summed E-state index contributed by atoms with van der Waals surface area (Å²) in [6.07, 6.45) is 0.185. The maximum absolute atomic E-state index is 10.4. The molecule has 4 N–H and O–H groups in total. The fourth-order valence-corrected chi connectivity index (χ4v) is 3.02. The number of hydrogen-bond acceptors (Lipinski definition) is 8. The van der Waals surface area contributed by atoms with Gasteiger partial charge in [-0.25, -0.2) is 15.0 Å². The van der Waals surface area contributed by atoms with E-state index in [4.69, 9.17) is 4.74 Å². The number of aromatic nitrogens is 4. The van der Waals surface area contributed by atoms with Crippen LogP contribution in [0.3, 0.4) is 0 Å². The Kier molecular flexibility index (Phi) is 5.52. The molecule has 0 radical (unpaired) electrons. The van der Waals surface area contributed by atoms with Gasteiger partial charge in [0.15, 0.2) is 23.2 Å². The van der Waals surface area contributed by atoms with E-state index in [1.807, 2.05) is 26.8 Å². The predicted octanol–water partition coefficient (Wildman–Crippen LogP) is 0.594. The van der Waals surface area contributed by atoms with E-state index in [-0.39, 0.29) is 0 Å². The molecule has 1 aliphatic rings. The minimum atomic E-state index is -1.31. The zero-order valence-corrected chi connectivity index (χ0v) is 15.1. The van der Waals surface area contributed by atoms with E-state index in [0.29, 0.717) is 29.9 Å². The Morgan fingerprint density at radius 1 is 1.19 bits per heavy atom. The number of imidazole rings is 1. The van der Waals surface area contributed by atoms with E-state index in [9.17, 15) is 15.3 Å². The van der Waals surface area contributed by atoms with Crippen LogP contribution in [0.25, 0.3) is 11.2 Å². The molecule has 2 aromatic rings. The summed E-state index contributed by atoms with van der Waals surface area (Å²) in [5.74, 6) is 0.573. The van der Waals surface area contributed by atoms with Gasteiger partial charge in [0.2, 0.25) is 0 Å². The molecule has 0 saturated carbocycles. The highest BCUT2D eigenvalue weighted by molar-refractivity contribution is 5.82. The zero-order valence-electron chi connectivity index (χ0n) is 15.1. The number of anilines is 1. The molecule has 1 saturated heterocycles. The summed E-state index contributed by atoms with van der Waals surface area (Å²) >= 11 is 0. The summed E-state index contributed by atoms with van der Waals surface area (Å²) in [6.45, 7) is 6.47. The van der Waals surface area contributed by atoms with Crippen molar-refractivity contribution in [1.82, 2.24) is 19.5 Å². The number of nitrogens with zero attached hydrogens (tertiary/aromatic N) is 4. The third kappa shape index (κ3) is 3.43. The van der Waals surface area contributed by atoms with Crippen molar-refractivity contribution in [3.8, 4) is 0 Å². The molecule has 1 fully saturated rings. The highest BCUT2D eigenvalue weighted by Gasteiger charge is 2.44. The van der Waals surface area contributed by atoms with E-state index in [1.165, 1.54) is 18.2 Å². The lowest BCUT2D eigenvalue weighted by atomic mass is 9.96. The fourth-order valence-electron chi connectivity index (χ4n) is 3.02. The number of hydrogen-bond donors (Lipinski definition) is 4. The largest absolute Gasteiger partial charge is 0.388 e. The van der Waals surface area contributed by atoms with Gasteiger partial charge in [-0.2, -0.15) is 0 Å². The summed E-state index contributed by atoms with van der Waals surface area (Å²) in [4.78, 5) is 12.8. The van der Waals surface area contributed by atoms with Crippen molar-refractivity contribution in [2.45, 2.75) is 57.8 Å². The fraction of sp³-hybridized carbons (Fsp3) is 0.588. The van der Waals surface area contributed by atoms with Crippen molar-refractivity contribution in [3.63, 3.8) is 0 Å².